The summed E-state index contributed by atoms with van der Waals surface area (Å²) < 4.78 is 10.7. The lowest BCUT2D eigenvalue weighted by Gasteiger charge is -2.39. The Balaban J connectivity index is 1.77. The van der Waals surface area contributed by atoms with Crippen molar-refractivity contribution in [1.82, 2.24) is 5.32 Å². The Morgan fingerprint density at radius 3 is 2.95 bits per heavy atom. The molecule has 3 atom stereocenters. The van der Waals surface area contributed by atoms with Gasteiger partial charge >= 0.3 is 0 Å². The molecule has 1 N–H and O–H groups in total. The fourth-order valence-corrected chi connectivity index (χ4v) is 3.52. The second kappa shape index (κ2) is 5.43. The normalized spacial score (nSPS) is 27.6. The number of nitrogens with one attached hydrogen (secondary N) is 1. The maximum atomic E-state index is 12.4. The molecule has 0 aromatic heterocycles. The first-order valence-electron chi connectivity index (χ1n) is 6.55. The summed E-state index contributed by atoms with van der Waals surface area (Å²) in [7, 11) is 1.48. The van der Waals surface area contributed by atoms with Gasteiger partial charge in [-0.05, 0) is 25.0 Å². The van der Waals surface area contributed by atoms with E-state index < -0.39 is 0 Å². The highest BCUT2D eigenvalue weighted by atomic mass is 35.5. The summed E-state index contributed by atoms with van der Waals surface area (Å²) in [5.41, 5.74) is 0.368. The highest BCUT2D eigenvalue weighted by Crippen LogP contribution is 2.39. The van der Waals surface area contributed by atoms with Gasteiger partial charge in [-0.1, -0.05) is 23.2 Å². The van der Waals surface area contributed by atoms with E-state index in [1.54, 1.807) is 12.1 Å². The lowest BCUT2D eigenvalue weighted by molar-refractivity contribution is 0.00807. The van der Waals surface area contributed by atoms with Gasteiger partial charge in [-0.15, -0.1) is 0 Å². The predicted octanol–water partition coefficient (Wildman–Crippen LogP) is 2.91. The zero-order valence-electron chi connectivity index (χ0n) is 11.0. The first-order chi connectivity index (χ1) is 9.60. The third-order valence-corrected chi connectivity index (χ3v) is 4.54. The Labute approximate surface area is 127 Å². The van der Waals surface area contributed by atoms with Crippen LogP contribution >= 0.6 is 23.2 Å². The number of halogens is 2. The van der Waals surface area contributed by atoms with Gasteiger partial charge in [0, 0.05) is 23.6 Å². The standard InChI is InChI=1S/C14H15Cl2NO3/c1-19-13-9(4-7(15)5-10(13)16)14(18)17-11-6-12-8(11)2-3-20-12/h4-5,8,11-12H,2-3,6H2,1H3,(H,17,18)/t8-,11+,12+/m0/s1. The number of benzene rings is 1. The van der Waals surface area contributed by atoms with Crippen LogP contribution < -0.4 is 10.1 Å². The zero-order chi connectivity index (χ0) is 14.3. The van der Waals surface area contributed by atoms with Crippen LogP contribution in [0.25, 0.3) is 0 Å². The Kier molecular flexibility index (Phi) is 3.80. The molecule has 2 aliphatic rings. The SMILES string of the molecule is COc1c(Cl)cc(Cl)cc1C(=O)N[C@@H]1C[C@H]2OCC[C@@H]12. The summed E-state index contributed by atoms with van der Waals surface area (Å²) in [6, 6.07) is 3.30. The largest absolute Gasteiger partial charge is 0.494 e. The molecule has 0 bridgehead atoms. The number of amides is 1. The molecule has 4 nitrogen and oxygen atoms in total. The molecule has 1 amide bonds. The van der Waals surface area contributed by atoms with Crippen molar-refractivity contribution in [2.75, 3.05) is 13.7 Å². The molecule has 1 heterocycles. The van der Waals surface area contributed by atoms with Crippen LogP contribution in [0, 0.1) is 5.92 Å². The van der Waals surface area contributed by atoms with Crippen LogP contribution in [0.5, 0.6) is 5.75 Å². The Morgan fingerprint density at radius 2 is 2.25 bits per heavy atom. The van der Waals surface area contributed by atoms with E-state index >= 15 is 0 Å². The molecule has 6 heteroatoms. The number of rotatable bonds is 3. The Morgan fingerprint density at radius 1 is 1.45 bits per heavy atom. The third kappa shape index (κ3) is 2.36. The maximum Gasteiger partial charge on any atom is 0.255 e. The van der Waals surface area contributed by atoms with Crippen molar-refractivity contribution in [1.29, 1.82) is 0 Å². The Bertz CT molecular complexity index is 549. The minimum Gasteiger partial charge on any atom is -0.494 e. The fourth-order valence-electron chi connectivity index (χ4n) is 2.95. The van der Waals surface area contributed by atoms with Crippen LogP contribution in [-0.2, 0) is 4.74 Å². The topological polar surface area (TPSA) is 47.6 Å². The van der Waals surface area contributed by atoms with Gasteiger partial charge in [0.1, 0.15) is 5.75 Å². The first kappa shape index (κ1) is 14.0. The van der Waals surface area contributed by atoms with Gasteiger partial charge in [-0.2, -0.15) is 0 Å². The molecule has 3 rings (SSSR count). The van der Waals surface area contributed by atoms with Gasteiger partial charge in [0.25, 0.3) is 5.91 Å². The van der Waals surface area contributed by atoms with Crippen molar-refractivity contribution < 1.29 is 14.3 Å². The molecule has 2 fully saturated rings. The quantitative estimate of drug-likeness (QED) is 0.933. The smallest absolute Gasteiger partial charge is 0.255 e. The Hall–Kier alpha value is -0.970. The van der Waals surface area contributed by atoms with Gasteiger partial charge in [0.15, 0.2) is 0 Å². The average Bonchev–Trinajstić information content (AvgIpc) is 2.76. The van der Waals surface area contributed by atoms with E-state index in [0.29, 0.717) is 33.4 Å². The van der Waals surface area contributed by atoms with Gasteiger partial charge in [-0.25, -0.2) is 0 Å². The van der Waals surface area contributed by atoms with Crippen molar-refractivity contribution in [3.05, 3.63) is 27.7 Å². The van der Waals surface area contributed by atoms with E-state index in [2.05, 4.69) is 5.32 Å². The molecule has 1 aliphatic heterocycles. The van der Waals surface area contributed by atoms with Crippen molar-refractivity contribution in [3.63, 3.8) is 0 Å². The van der Waals surface area contributed by atoms with E-state index in [1.807, 2.05) is 0 Å². The molecule has 1 saturated heterocycles. The summed E-state index contributed by atoms with van der Waals surface area (Å²) in [5.74, 6) is 0.577. The molecular weight excluding hydrogens is 301 g/mol. The van der Waals surface area contributed by atoms with Crippen LogP contribution in [0.1, 0.15) is 23.2 Å². The molecule has 1 aromatic rings. The van der Waals surface area contributed by atoms with Crippen LogP contribution in [-0.4, -0.2) is 31.8 Å². The molecule has 0 spiro atoms. The second-order valence-electron chi connectivity index (χ2n) is 5.15. The van der Waals surface area contributed by atoms with Crippen molar-refractivity contribution in [3.8, 4) is 5.75 Å². The molecular formula is C14H15Cl2NO3. The van der Waals surface area contributed by atoms with Crippen LogP contribution in [0.3, 0.4) is 0 Å². The predicted molar refractivity (Wildman–Crippen MR) is 76.7 cm³/mol. The first-order valence-corrected chi connectivity index (χ1v) is 7.31. The summed E-state index contributed by atoms with van der Waals surface area (Å²) in [6.07, 6.45) is 2.18. The molecule has 1 aliphatic carbocycles. The van der Waals surface area contributed by atoms with Gasteiger partial charge < -0.3 is 14.8 Å². The van der Waals surface area contributed by atoms with Gasteiger partial charge in [0.2, 0.25) is 0 Å². The maximum absolute atomic E-state index is 12.4. The molecule has 1 aromatic carbocycles. The van der Waals surface area contributed by atoms with Crippen LogP contribution in [0.2, 0.25) is 10.0 Å². The minimum atomic E-state index is -0.207. The summed E-state index contributed by atoms with van der Waals surface area (Å²) >= 11 is 12.0. The highest BCUT2D eigenvalue weighted by Gasteiger charge is 2.45. The lowest BCUT2D eigenvalue weighted by Crippen LogP contribution is -2.53. The van der Waals surface area contributed by atoms with Crippen LogP contribution in [0.4, 0.5) is 0 Å². The fraction of sp³-hybridized carbons (Fsp3) is 0.500. The monoisotopic (exact) mass is 315 g/mol. The number of methoxy groups -OCH3 is 1. The van der Waals surface area contributed by atoms with E-state index in [0.717, 1.165) is 19.4 Å². The number of fused-ring (bicyclic) bond motifs is 1. The lowest BCUT2D eigenvalue weighted by atomic mass is 9.76. The van der Waals surface area contributed by atoms with Crippen LogP contribution in [0.15, 0.2) is 12.1 Å². The third-order valence-electron chi connectivity index (χ3n) is 4.04. The van der Waals surface area contributed by atoms with E-state index in [4.69, 9.17) is 32.7 Å². The van der Waals surface area contributed by atoms with E-state index in [9.17, 15) is 4.79 Å². The van der Waals surface area contributed by atoms with E-state index in [1.165, 1.54) is 7.11 Å². The summed E-state index contributed by atoms with van der Waals surface area (Å²) in [5, 5.41) is 3.76. The van der Waals surface area contributed by atoms with E-state index in [-0.39, 0.29) is 11.9 Å². The zero-order valence-corrected chi connectivity index (χ0v) is 12.5. The summed E-state index contributed by atoms with van der Waals surface area (Å²) in [4.78, 5) is 12.4. The van der Waals surface area contributed by atoms with Crippen molar-refractivity contribution in [2.45, 2.75) is 25.0 Å². The number of carbonyl (C=O) groups is 1. The summed E-state index contributed by atoms with van der Waals surface area (Å²) in [6.45, 7) is 0.786. The highest BCUT2D eigenvalue weighted by molar-refractivity contribution is 6.36. The van der Waals surface area contributed by atoms with Gasteiger partial charge in [0.05, 0.1) is 23.8 Å². The minimum absolute atomic E-state index is 0.164. The van der Waals surface area contributed by atoms with Crippen molar-refractivity contribution >= 4 is 29.1 Å². The molecule has 0 unspecified atom stereocenters. The number of carbonyl (C=O) groups excluding carboxylic acids is 1. The number of hydrogen-bond donors (Lipinski definition) is 1. The molecule has 108 valence electrons. The molecule has 1 saturated carbocycles. The van der Waals surface area contributed by atoms with Crippen molar-refractivity contribution in [2.24, 2.45) is 5.92 Å². The number of hydrogen-bond acceptors (Lipinski definition) is 3. The number of ether oxygens (including phenoxy) is 2. The molecule has 0 radical (unpaired) electrons. The van der Waals surface area contributed by atoms with Gasteiger partial charge in [-0.3, -0.25) is 4.79 Å². The average molecular weight is 316 g/mol. The molecule has 20 heavy (non-hydrogen) atoms. The second-order valence-corrected chi connectivity index (χ2v) is 5.99.